The molecule has 0 saturated carbocycles. The minimum absolute atomic E-state index is 0.120. The van der Waals surface area contributed by atoms with Gasteiger partial charge in [0.1, 0.15) is 5.75 Å². The van der Waals surface area contributed by atoms with Crippen molar-refractivity contribution in [2.75, 3.05) is 7.11 Å². The van der Waals surface area contributed by atoms with Crippen molar-refractivity contribution in [3.05, 3.63) is 64.6 Å². The van der Waals surface area contributed by atoms with Crippen LogP contribution in [-0.4, -0.2) is 21.9 Å². The number of nitrogens with one attached hydrogen (secondary N) is 1. The highest BCUT2D eigenvalue weighted by Gasteiger charge is 2.16. The zero-order chi connectivity index (χ0) is 16.0. The molecule has 2 aromatic heterocycles. The van der Waals surface area contributed by atoms with E-state index in [0.29, 0.717) is 11.1 Å². The van der Waals surface area contributed by atoms with Gasteiger partial charge in [-0.3, -0.25) is 4.79 Å². The smallest absolute Gasteiger partial charge is 0.259 e. The number of aryl methyl sites for hydroxylation is 1. The van der Waals surface area contributed by atoms with Gasteiger partial charge in [-0.15, -0.1) is 0 Å². The Bertz CT molecular complexity index is 1090. The van der Waals surface area contributed by atoms with E-state index in [9.17, 15) is 4.79 Å². The first-order valence-electron chi connectivity index (χ1n) is 7.34. The van der Waals surface area contributed by atoms with Gasteiger partial charge in [0.15, 0.2) is 0 Å². The zero-order valence-electron chi connectivity index (χ0n) is 12.8. The highest BCUT2D eigenvalue weighted by atomic mass is 16.5. The Kier molecular flexibility index (Phi) is 2.94. The molecule has 0 atom stereocenters. The lowest BCUT2D eigenvalue weighted by molar-refractivity contribution is 0.414. The van der Waals surface area contributed by atoms with Gasteiger partial charge in [-0.25, -0.2) is 4.68 Å². The molecule has 114 valence electrons. The second kappa shape index (κ2) is 4.98. The van der Waals surface area contributed by atoms with Gasteiger partial charge < -0.3 is 9.72 Å². The van der Waals surface area contributed by atoms with E-state index >= 15 is 0 Å². The fourth-order valence-electron chi connectivity index (χ4n) is 2.96. The number of nitrogens with zero attached hydrogens (tertiary/aromatic N) is 2. The number of fused-ring (bicyclic) bond motifs is 3. The summed E-state index contributed by atoms with van der Waals surface area (Å²) in [5, 5.41) is 6.17. The summed E-state index contributed by atoms with van der Waals surface area (Å²) in [5.74, 6) is 0.748. The zero-order valence-corrected chi connectivity index (χ0v) is 12.8. The summed E-state index contributed by atoms with van der Waals surface area (Å²) in [7, 11) is 1.63. The Labute approximate surface area is 132 Å². The maximum atomic E-state index is 12.4. The molecule has 2 aromatic carbocycles. The van der Waals surface area contributed by atoms with E-state index in [1.807, 2.05) is 60.1 Å². The summed E-state index contributed by atoms with van der Waals surface area (Å²) in [6, 6.07) is 15.4. The Morgan fingerprint density at radius 2 is 1.96 bits per heavy atom. The van der Waals surface area contributed by atoms with Gasteiger partial charge in [0, 0.05) is 11.5 Å². The van der Waals surface area contributed by atoms with Crippen molar-refractivity contribution in [3.8, 4) is 11.4 Å². The van der Waals surface area contributed by atoms with Crippen LogP contribution in [0.25, 0.3) is 27.5 Å². The van der Waals surface area contributed by atoms with E-state index in [-0.39, 0.29) is 5.56 Å². The predicted molar refractivity (Wildman–Crippen MR) is 90.5 cm³/mol. The van der Waals surface area contributed by atoms with Crippen molar-refractivity contribution in [1.29, 1.82) is 0 Å². The van der Waals surface area contributed by atoms with Crippen LogP contribution < -0.4 is 10.3 Å². The third-order valence-corrected chi connectivity index (χ3v) is 4.02. The van der Waals surface area contributed by atoms with E-state index in [4.69, 9.17) is 4.74 Å². The first kappa shape index (κ1) is 13.6. The van der Waals surface area contributed by atoms with Gasteiger partial charge in [-0.05, 0) is 25.1 Å². The fraction of sp³-hybridized carbons (Fsp3) is 0.111. The molecule has 0 spiro atoms. The minimum Gasteiger partial charge on any atom is -0.497 e. The topological polar surface area (TPSA) is 59.9 Å². The number of benzene rings is 2. The van der Waals surface area contributed by atoms with Crippen molar-refractivity contribution >= 4 is 21.8 Å². The van der Waals surface area contributed by atoms with Crippen LogP contribution in [0.3, 0.4) is 0 Å². The maximum absolute atomic E-state index is 12.4. The minimum atomic E-state index is -0.120. The monoisotopic (exact) mass is 305 g/mol. The summed E-state index contributed by atoms with van der Waals surface area (Å²) in [5.41, 5.74) is 3.06. The molecule has 1 N–H and O–H groups in total. The second-order valence-electron chi connectivity index (χ2n) is 5.42. The number of methoxy groups -OCH3 is 1. The Morgan fingerprint density at radius 1 is 1.13 bits per heavy atom. The fourth-order valence-corrected chi connectivity index (χ4v) is 2.96. The van der Waals surface area contributed by atoms with Crippen LogP contribution in [0.5, 0.6) is 5.75 Å². The lowest BCUT2D eigenvalue weighted by atomic mass is 10.1. The first-order chi connectivity index (χ1) is 11.2. The standard InChI is InChI=1S/C18H15N3O2/c1-11-16-17(14-8-3-4-9-15(14)19-18(16)22)21(20-11)12-6-5-7-13(10-12)23-2/h3-10H,1-2H3,(H,19,22). The van der Waals surface area contributed by atoms with Crippen LogP contribution >= 0.6 is 0 Å². The quantitative estimate of drug-likeness (QED) is 0.619. The summed E-state index contributed by atoms with van der Waals surface area (Å²) in [4.78, 5) is 15.4. The Hall–Kier alpha value is -3.08. The number of hydrogen-bond donors (Lipinski definition) is 1. The van der Waals surface area contributed by atoms with E-state index in [0.717, 1.165) is 27.9 Å². The molecular formula is C18H15N3O2. The molecular weight excluding hydrogens is 290 g/mol. The molecule has 5 heteroatoms. The van der Waals surface area contributed by atoms with Crippen molar-refractivity contribution in [1.82, 2.24) is 14.8 Å². The largest absolute Gasteiger partial charge is 0.497 e. The van der Waals surface area contributed by atoms with Crippen LogP contribution in [0.15, 0.2) is 53.3 Å². The average Bonchev–Trinajstić information content (AvgIpc) is 2.93. The average molecular weight is 305 g/mol. The molecule has 4 rings (SSSR count). The van der Waals surface area contributed by atoms with Crippen molar-refractivity contribution in [3.63, 3.8) is 0 Å². The molecule has 0 radical (unpaired) electrons. The summed E-state index contributed by atoms with van der Waals surface area (Å²) in [6.45, 7) is 1.85. The van der Waals surface area contributed by atoms with Gasteiger partial charge in [0.05, 0.1) is 34.9 Å². The number of aromatic amines is 1. The summed E-state index contributed by atoms with van der Waals surface area (Å²) < 4.78 is 7.11. The predicted octanol–water partition coefficient (Wildman–Crippen LogP) is 3.18. The second-order valence-corrected chi connectivity index (χ2v) is 5.42. The van der Waals surface area contributed by atoms with Crippen molar-refractivity contribution < 1.29 is 4.74 Å². The van der Waals surface area contributed by atoms with Crippen LogP contribution in [0.1, 0.15) is 5.69 Å². The highest BCUT2D eigenvalue weighted by molar-refractivity contribution is 6.04. The van der Waals surface area contributed by atoms with Crippen LogP contribution in [0.2, 0.25) is 0 Å². The molecule has 0 bridgehead atoms. The van der Waals surface area contributed by atoms with Gasteiger partial charge in [0.2, 0.25) is 0 Å². The molecule has 4 aromatic rings. The summed E-state index contributed by atoms with van der Waals surface area (Å²) in [6.07, 6.45) is 0. The highest BCUT2D eigenvalue weighted by Crippen LogP contribution is 2.27. The molecule has 0 amide bonds. The first-order valence-corrected chi connectivity index (χ1v) is 7.34. The maximum Gasteiger partial charge on any atom is 0.259 e. The molecule has 5 nitrogen and oxygen atoms in total. The number of para-hydroxylation sites is 1. The van der Waals surface area contributed by atoms with E-state index < -0.39 is 0 Å². The molecule has 0 aliphatic carbocycles. The molecule has 0 unspecified atom stereocenters. The van der Waals surface area contributed by atoms with Crippen molar-refractivity contribution in [2.24, 2.45) is 0 Å². The SMILES string of the molecule is COc1cccc(-n2nc(C)c3c(=O)[nH]c4ccccc4c32)c1. The van der Waals surface area contributed by atoms with E-state index in [1.165, 1.54) is 0 Å². The van der Waals surface area contributed by atoms with Gasteiger partial charge >= 0.3 is 0 Å². The van der Waals surface area contributed by atoms with Crippen molar-refractivity contribution in [2.45, 2.75) is 6.92 Å². The third kappa shape index (κ3) is 2.01. The number of H-pyrrole nitrogens is 1. The third-order valence-electron chi connectivity index (χ3n) is 4.02. The lowest BCUT2D eigenvalue weighted by Gasteiger charge is -2.07. The molecule has 23 heavy (non-hydrogen) atoms. The van der Waals surface area contributed by atoms with Crippen LogP contribution in [0.4, 0.5) is 0 Å². The Morgan fingerprint density at radius 3 is 2.78 bits per heavy atom. The summed E-state index contributed by atoms with van der Waals surface area (Å²) >= 11 is 0. The molecule has 0 saturated heterocycles. The Balaban J connectivity index is 2.17. The number of aromatic nitrogens is 3. The van der Waals surface area contributed by atoms with E-state index in [2.05, 4.69) is 10.1 Å². The molecule has 2 heterocycles. The normalized spacial score (nSPS) is 11.2. The molecule has 0 aliphatic heterocycles. The van der Waals surface area contributed by atoms with Gasteiger partial charge in [-0.2, -0.15) is 5.10 Å². The number of pyridine rings is 1. The van der Waals surface area contributed by atoms with E-state index in [1.54, 1.807) is 7.11 Å². The lowest BCUT2D eigenvalue weighted by Crippen LogP contribution is -2.07. The number of hydrogen-bond acceptors (Lipinski definition) is 3. The van der Waals surface area contributed by atoms with Crippen LogP contribution in [0, 0.1) is 6.92 Å². The van der Waals surface area contributed by atoms with Gasteiger partial charge in [0.25, 0.3) is 5.56 Å². The number of ether oxygens (including phenoxy) is 1. The molecule has 0 aliphatic rings. The van der Waals surface area contributed by atoms with Crippen LogP contribution in [-0.2, 0) is 0 Å². The molecule has 0 fully saturated rings. The van der Waals surface area contributed by atoms with Gasteiger partial charge in [-0.1, -0.05) is 24.3 Å². The number of rotatable bonds is 2.